The second-order valence-corrected chi connectivity index (χ2v) is 6.41. The Labute approximate surface area is 103 Å². The molecular formula is C12H22N2OS. The maximum Gasteiger partial charge on any atom is 0.104 e. The van der Waals surface area contributed by atoms with Crippen molar-refractivity contribution in [1.82, 2.24) is 5.32 Å². The molecule has 0 spiro atoms. The third kappa shape index (κ3) is 4.73. The smallest absolute Gasteiger partial charge is 0.104 e. The molecule has 0 aromatic carbocycles. The van der Waals surface area contributed by atoms with Gasteiger partial charge >= 0.3 is 0 Å². The van der Waals surface area contributed by atoms with Gasteiger partial charge in [0, 0.05) is 11.3 Å². The van der Waals surface area contributed by atoms with Gasteiger partial charge < -0.3 is 5.11 Å². The first-order chi connectivity index (χ1) is 7.47. The molecule has 1 aliphatic rings. The Morgan fingerprint density at radius 2 is 2.19 bits per heavy atom. The predicted octanol–water partition coefficient (Wildman–Crippen LogP) is 1.91. The maximum atomic E-state index is 9.36. The van der Waals surface area contributed by atoms with Crippen LogP contribution in [-0.2, 0) is 0 Å². The molecule has 0 aliphatic heterocycles. The summed E-state index contributed by atoms with van der Waals surface area (Å²) in [6.45, 7) is 5.80. The summed E-state index contributed by atoms with van der Waals surface area (Å²) in [7, 11) is 0. The summed E-state index contributed by atoms with van der Waals surface area (Å²) in [6.07, 6.45) is 2.96. The molecular weight excluding hydrogens is 220 g/mol. The van der Waals surface area contributed by atoms with E-state index >= 15 is 0 Å². The minimum absolute atomic E-state index is 0.240. The van der Waals surface area contributed by atoms with Gasteiger partial charge in [-0.05, 0) is 38.9 Å². The van der Waals surface area contributed by atoms with E-state index in [1.165, 1.54) is 12.8 Å². The van der Waals surface area contributed by atoms with E-state index in [4.69, 9.17) is 5.26 Å². The summed E-state index contributed by atoms with van der Waals surface area (Å²) in [5.74, 6) is 0.913. The molecule has 2 N–H and O–H groups in total. The molecule has 92 valence electrons. The minimum atomic E-state index is -0.396. The second-order valence-electron chi connectivity index (χ2n) is 4.93. The Morgan fingerprint density at radius 3 is 2.62 bits per heavy atom. The summed E-state index contributed by atoms with van der Waals surface area (Å²) >= 11 is 1.73. The molecule has 3 atom stereocenters. The number of rotatable bonds is 7. The van der Waals surface area contributed by atoms with Gasteiger partial charge in [-0.1, -0.05) is 6.92 Å². The molecule has 1 saturated carbocycles. The fraction of sp³-hybridized carbons (Fsp3) is 0.917. The third-order valence-electron chi connectivity index (χ3n) is 3.01. The van der Waals surface area contributed by atoms with Crippen molar-refractivity contribution >= 4 is 11.8 Å². The van der Waals surface area contributed by atoms with Crippen LogP contribution in [0.5, 0.6) is 0 Å². The van der Waals surface area contributed by atoms with Crippen LogP contribution in [0.25, 0.3) is 0 Å². The van der Waals surface area contributed by atoms with Crippen LogP contribution in [0.2, 0.25) is 0 Å². The SMILES string of the molecule is CC(O)C(C)SCCC(C)(C#N)NC1CC1. The zero-order chi connectivity index (χ0) is 12.2. The van der Waals surface area contributed by atoms with E-state index < -0.39 is 5.54 Å². The van der Waals surface area contributed by atoms with Gasteiger partial charge in [0.05, 0.1) is 12.2 Å². The monoisotopic (exact) mass is 242 g/mol. The van der Waals surface area contributed by atoms with Crippen LogP contribution >= 0.6 is 11.8 Å². The van der Waals surface area contributed by atoms with E-state index in [1.54, 1.807) is 11.8 Å². The Bertz CT molecular complexity index is 260. The van der Waals surface area contributed by atoms with Crippen LogP contribution in [0.15, 0.2) is 0 Å². The summed E-state index contributed by atoms with van der Waals surface area (Å²) in [5, 5.41) is 22.1. The van der Waals surface area contributed by atoms with Gasteiger partial charge in [0.1, 0.15) is 5.54 Å². The topological polar surface area (TPSA) is 56.0 Å². The summed E-state index contributed by atoms with van der Waals surface area (Å²) in [6, 6.07) is 2.92. The largest absolute Gasteiger partial charge is 0.392 e. The van der Waals surface area contributed by atoms with Crippen LogP contribution in [0.3, 0.4) is 0 Å². The maximum absolute atomic E-state index is 9.36. The van der Waals surface area contributed by atoms with Gasteiger partial charge in [-0.3, -0.25) is 5.32 Å². The molecule has 3 nitrogen and oxygen atoms in total. The molecule has 1 fully saturated rings. The molecule has 0 heterocycles. The fourth-order valence-electron chi connectivity index (χ4n) is 1.43. The van der Waals surface area contributed by atoms with Crippen LogP contribution in [0, 0.1) is 11.3 Å². The highest BCUT2D eigenvalue weighted by Gasteiger charge is 2.32. The van der Waals surface area contributed by atoms with E-state index in [0.29, 0.717) is 6.04 Å². The standard InChI is InChI=1S/C12H22N2OS/c1-9(15)10(2)16-7-6-12(3,8-13)14-11-4-5-11/h9-11,14-15H,4-7H2,1-3H3. The van der Waals surface area contributed by atoms with Gasteiger partial charge in [0.25, 0.3) is 0 Å². The predicted molar refractivity (Wildman–Crippen MR) is 68.4 cm³/mol. The number of nitrogens with one attached hydrogen (secondary N) is 1. The summed E-state index contributed by atoms with van der Waals surface area (Å²) in [4.78, 5) is 0. The normalized spacial score (nSPS) is 23.2. The third-order valence-corrected chi connectivity index (χ3v) is 4.37. The molecule has 16 heavy (non-hydrogen) atoms. The lowest BCUT2D eigenvalue weighted by Gasteiger charge is -2.24. The van der Waals surface area contributed by atoms with Crippen LogP contribution in [-0.4, -0.2) is 33.8 Å². The molecule has 1 aliphatic carbocycles. The van der Waals surface area contributed by atoms with Crippen LogP contribution in [0.4, 0.5) is 0 Å². The number of hydrogen-bond acceptors (Lipinski definition) is 4. The van der Waals surface area contributed by atoms with Gasteiger partial charge in [0.2, 0.25) is 0 Å². The Kier molecular flexibility index (Phi) is 5.10. The molecule has 0 bridgehead atoms. The summed E-state index contributed by atoms with van der Waals surface area (Å²) < 4.78 is 0. The van der Waals surface area contributed by atoms with Crippen molar-refractivity contribution in [3.63, 3.8) is 0 Å². The van der Waals surface area contributed by atoms with Crippen LogP contribution < -0.4 is 5.32 Å². The zero-order valence-corrected chi connectivity index (χ0v) is 11.2. The molecule has 0 amide bonds. The van der Waals surface area contributed by atoms with Crippen molar-refractivity contribution in [2.45, 2.75) is 63.0 Å². The molecule has 0 radical (unpaired) electrons. The minimum Gasteiger partial charge on any atom is -0.392 e. The van der Waals surface area contributed by atoms with Gasteiger partial charge in [-0.2, -0.15) is 17.0 Å². The van der Waals surface area contributed by atoms with Crippen molar-refractivity contribution in [3.8, 4) is 6.07 Å². The number of aliphatic hydroxyl groups is 1. The zero-order valence-electron chi connectivity index (χ0n) is 10.4. The quantitative estimate of drug-likeness (QED) is 0.716. The highest BCUT2D eigenvalue weighted by Crippen LogP contribution is 2.25. The van der Waals surface area contributed by atoms with E-state index in [0.717, 1.165) is 12.2 Å². The van der Waals surface area contributed by atoms with Gasteiger partial charge in [0.15, 0.2) is 0 Å². The lowest BCUT2D eigenvalue weighted by atomic mass is 10.0. The van der Waals surface area contributed by atoms with E-state index in [2.05, 4.69) is 11.4 Å². The van der Waals surface area contributed by atoms with Crippen LogP contribution in [0.1, 0.15) is 40.0 Å². The Hall–Kier alpha value is -0.240. The van der Waals surface area contributed by atoms with Crippen molar-refractivity contribution < 1.29 is 5.11 Å². The van der Waals surface area contributed by atoms with Crippen molar-refractivity contribution in [1.29, 1.82) is 5.26 Å². The van der Waals surface area contributed by atoms with Gasteiger partial charge in [-0.15, -0.1) is 0 Å². The molecule has 3 unspecified atom stereocenters. The number of nitrogens with zero attached hydrogens (tertiary/aromatic N) is 1. The van der Waals surface area contributed by atoms with E-state index in [-0.39, 0.29) is 11.4 Å². The highest BCUT2D eigenvalue weighted by molar-refractivity contribution is 7.99. The fourth-order valence-corrected chi connectivity index (χ4v) is 2.60. The number of nitriles is 1. The molecule has 0 aromatic heterocycles. The second kappa shape index (κ2) is 5.90. The van der Waals surface area contributed by atoms with E-state index in [1.807, 2.05) is 20.8 Å². The number of aliphatic hydroxyl groups excluding tert-OH is 1. The number of thioether (sulfide) groups is 1. The molecule has 0 aromatic rings. The van der Waals surface area contributed by atoms with Crippen molar-refractivity contribution in [2.75, 3.05) is 5.75 Å². The van der Waals surface area contributed by atoms with Crippen molar-refractivity contribution in [3.05, 3.63) is 0 Å². The average molecular weight is 242 g/mol. The first kappa shape index (κ1) is 13.8. The Balaban J connectivity index is 2.25. The number of hydrogen-bond donors (Lipinski definition) is 2. The lowest BCUT2D eigenvalue weighted by Crippen LogP contribution is -2.43. The van der Waals surface area contributed by atoms with E-state index in [9.17, 15) is 5.11 Å². The van der Waals surface area contributed by atoms with Gasteiger partial charge in [-0.25, -0.2) is 0 Å². The lowest BCUT2D eigenvalue weighted by molar-refractivity contribution is 0.196. The first-order valence-electron chi connectivity index (χ1n) is 5.95. The Morgan fingerprint density at radius 1 is 1.56 bits per heavy atom. The first-order valence-corrected chi connectivity index (χ1v) is 7.00. The average Bonchev–Trinajstić information content (AvgIpc) is 3.01. The molecule has 0 saturated heterocycles. The molecule has 1 rings (SSSR count). The summed E-state index contributed by atoms with van der Waals surface area (Å²) in [5.41, 5.74) is -0.396. The van der Waals surface area contributed by atoms with Crippen molar-refractivity contribution in [2.24, 2.45) is 0 Å². The highest BCUT2D eigenvalue weighted by atomic mass is 32.2. The molecule has 4 heteroatoms.